The highest BCUT2D eigenvalue weighted by Crippen LogP contribution is 2.27. The van der Waals surface area contributed by atoms with Gasteiger partial charge in [0.1, 0.15) is 12.3 Å². The van der Waals surface area contributed by atoms with E-state index in [0.717, 1.165) is 12.8 Å². The first-order valence-electron chi connectivity index (χ1n) is 8.01. The molecule has 0 bridgehead atoms. The predicted molar refractivity (Wildman–Crippen MR) is 100.0 cm³/mol. The Hall–Kier alpha value is -2.67. The molecule has 1 fully saturated rings. The van der Waals surface area contributed by atoms with Crippen LogP contribution in [-0.2, 0) is 11.3 Å². The van der Waals surface area contributed by atoms with Gasteiger partial charge in [0.2, 0.25) is 0 Å². The minimum atomic E-state index is -0.129. The molecule has 0 saturated heterocycles. The van der Waals surface area contributed by atoms with Crippen molar-refractivity contribution in [2.24, 2.45) is 0 Å². The van der Waals surface area contributed by atoms with Crippen LogP contribution in [0.2, 0.25) is 0 Å². The van der Waals surface area contributed by atoms with Gasteiger partial charge in [0, 0.05) is 37.4 Å². The molecule has 7 nitrogen and oxygen atoms in total. The maximum Gasteiger partial charge on any atom is 0.275 e. The van der Waals surface area contributed by atoms with Gasteiger partial charge in [0.15, 0.2) is 0 Å². The lowest BCUT2D eigenvalue weighted by Crippen LogP contribution is -2.31. The number of hydrogen-bond acceptors (Lipinski definition) is 4. The van der Waals surface area contributed by atoms with E-state index in [0.29, 0.717) is 29.1 Å². The zero-order valence-corrected chi connectivity index (χ0v) is 15.0. The Bertz CT molecular complexity index is 774. The van der Waals surface area contributed by atoms with Crippen LogP contribution in [0, 0.1) is 0 Å². The Morgan fingerprint density at radius 1 is 1.44 bits per heavy atom. The van der Waals surface area contributed by atoms with E-state index in [4.69, 9.17) is 4.79 Å². The minimum absolute atomic E-state index is 0.0325. The van der Waals surface area contributed by atoms with Crippen LogP contribution < -0.4 is 10.9 Å². The predicted octanol–water partition coefficient (Wildman–Crippen LogP) is 1.40. The lowest BCUT2D eigenvalue weighted by atomic mass is 10.1. The second-order valence-electron chi connectivity index (χ2n) is 5.70. The molecule has 7 heteroatoms. The Kier molecular flexibility index (Phi) is 7.81. The summed E-state index contributed by atoms with van der Waals surface area (Å²) in [5.41, 5.74) is 0.912. The molecule has 2 aromatic heterocycles. The van der Waals surface area contributed by atoms with Gasteiger partial charge in [-0.2, -0.15) is 0 Å². The number of hydrogen-bond donors (Lipinski definition) is 2. The number of aromatic amines is 1. The van der Waals surface area contributed by atoms with Gasteiger partial charge in [-0.15, -0.1) is 6.58 Å². The molecule has 0 radical (unpaired) electrons. The van der Waals surface area contributed by atoms with Crippen LogP contribution in [0.15, 0.2) is 35.9 Å². The molecule has 0 spiro atoms. The van der Waals surface area contributed by atoms with E-state index in [1.165, 1.54) is 4.57 Å². The van der Waals surface area contributed by atoms with Crippen molar-refractivity contribution in [3.05, 3.63) is 47.0 Å². The Morgan fingerprint density at radius 3 is 2.56 bits per heavy atom. The molecule has 0 unspecified atom stereocenters. The smallest absolute Gasteiger partial charge is 0.275 e. The maximum absolute atomic E-state index is 12.6. The van der Waals surface area contributed by atoms with E-state index >= 15 is 0 Å². The van der Waals surface area contributed by atoms with Crippen LogP contribution in [0.1, 0.15) is 23.2 Å². The maximum atomic E-state index is 12.6. The lowest BCUT2D eigenvalue weighted by Gasteiger charge is -2.17. The number of carbonyl (C=O) groups excluding carboxylic acids is 2. The molecule has 0 aliphatic heterocycles. The van der Waals surface area contributed by atoms with E-state index in [9.17, 15) is 9.59 Å². The van der Waals surface area contributed by atoms with Crippen LogP contribution in [-0.4, -0.2) is 54.3 Å². The highest BCUT2D eigenvalue weighted by molar-refractivity contribution is 6.06. The van der Waals surface area contributed by atoms with Gasteiger partial charge in [0.05, 0.1) is 5.56 Å². The summed E-state index contributed by atoms with van der Waals surface area (Å²) in [6, 6.07) is 2.12. The number of aromatic nitrogens is 2. The first-order chi connectivity index (χ1) is 12.0. The Labute approximate surface area is 147 Å². The number of rotatable bonds is 4. The van der Waals surface area contributed by atoms with E-state index in [1.54, 1.807) is 29.4 Å². The molecule has 1 aliphatic carbocycles. The van der Waals surface area contributed by atoms with Crippen LogP contribution in [0.4, 0.5) is 0 Å². The van der Waals surface area contributed by atoms with Crippen LogP contribution in [0.3, 0.4) is 0 Å². The molecule has 136 valence electrons. The normalized spacial score (nSPS) is 12.4. The number of nitrogens with one attached hydrogen (secondary N) is 2. The molecular formula is C18H26N4O3. The van der Waals surface area contributed by atoms with Crippen molar-refractivity contribution in [1.29, 1.82) is 0 Å². The average Bonchev–Trinajstić information content (AvgIpc) is 3.35. The average molecular weight is 346 g/mol. The van der Waals surface area contributed by atoms with Crippen molar-refractivity contribution in [2.75, 3.05) is 21.1 Å². The zero-order chi connectivity index (χ0) is 19.0. The van der Waals surface area contributed by atoms with Gasteiger partial charge in [0.25, 0.3) is 11.5 Å². The summed E-state index contributed by atoms with van der Waals surface area (Å²) in [4.78, 5) is 37.5. The van der Waals surface area contributed by atoms with Crippen molar-refractivity contribution < 1.29 is 9.59 Å². The zero-order valence-electron chi connectivity index (χ0n) is 15.0. The molecular weight excluding hydrogens is 320 g/mol. The lowest BCUT2D eigenvalue weighted by molar-refractivity contribution is -0.0980. The molecule has 3 rings (SSSR count). The third kappa shape index (κ3) is 4.67. The van der Waals surface area contributed by atoms with Crippen LogP contribution >= 0.6 is 0 Å². The van der Waals surface area contributed by atoms with Gasteiger partial charge in [-0.3, -0.25) is 9.59 Å². The Morgan fingerprint density at radius 2 is 2.04 bits per heavy atom. The van der Waals surface area contributed by atoms with E-state index in [2.05, 4.69) is 16.9 Å². The second kappa shape index (κ2) is 9.58. The first-order valence-corrected chi connectivity index (χ1v) is 8.01. The summed E-state index contributed by atoms with van der Waals surface area (Å²) in [6.45, 7) is 6.04. The fourth-order valence-corrected chi connectivity index (χ4v) is 2.46. The monoisotopic (exact) mass is 346 g/mol. The van der Waals surface area contributed by atoms with E-state index in [-0.39, 0.29) is 11.5 Å². The molecule has 1 amide bonds. The fourth-order valence-electron chi connectivity index (χ4n) is 2.46. The standard InChI is InChI=1S/C15H17N3O2.C2H7N.CH2O/c1-3-8-18-9-12(14(19)17(2)10-4-5-10)11-6-7-16-13(11)15(18)20;1-3-2;1-2/h3,6-7,9-10,16H,1,4-5,8H2,2H3;3H,1-2H3;1H2. The Balaban J connectivity index is 0.000000567. The van der Waals surface area contributed by atoms with Crippen LogP contribution in [0.5, 0.6) is 0 Å². The van der Waals surface area contributed by atoms with Crippen LogP contribution in [0.25, 0.3) is 10.9 Å². The van der Waals surface area contributed by atoms with E-state index in [1.807, 2.05) is 27.9 Å². The summed E-state index contributed by atoms with van der Waals surface area (Å²) < 4.78 is 1.51. The number of allylic oxidation sites excluding steroid dienone is 1. The summed E-state index contributed by atoms with van der Waals surface area (Å²) in [5, 5.41) is 3.44. The molecule has 1 aliphatic rings. The third-order valence-electron chi connectivity index (χ3n) is 3.77. The summed E-state index contributed by atoms with van der Waals surface area (Å²) in [6.07, 6.45) is 7.10. The van der Waals surface area contributed by atoms with Crippen molar-refractivity contribution in [3.8, 4) is 0 Å². The van der Waals surface area contributed by atoms with Crippen molar-refractivity contribution in [3.63, 3.8) is 0 Å². The van der Waals surface area contributed by atoms with Crippen molar-refractivity contribution >= 4 is 23.6 Å². The number of fused-ring (bicyclic) bond motifs is 1. The van der Waals surface area contributed by atoms with Crippen molar-refractivity contribution in [1.82, 2.24) is 19.8 Å². The molecule has 2 heterocycles. The topological polar surface area (TPSA) is 87.2 Å². The number of carbonyl (C=O) groups is 2. The van der Waals surface area contributed by atoms with Gasteiger partial charge in [-0.25, -0.2) is 0 Å². The molecule has 1 saturated carbocycles. The summed E-state index contributed by atoms with van der Waals surface area (Å²) in [7, 11) is 5.57. The second-order valence-corrected chi connectivity index (χ2v) is 5.70. The van der Waals surface area contributed by atoms with Crippen molar-refractivity contribution in [2.45, 2.75) is 25.4 Å². The minimum Gasteiger partial charge on any atom is -0.357 e. The number of pyridine rings is 1. The van der Waals surface area contributed by atoms with Gasteiger partial charge in [-0.05, 0) is 33.0 Å². The highest BCUT2D eigenvalue weighted by atomic mass is 16.2. The largest absolute Gasteiger partial charge is 0.357 e. The fraction of sp³-hybridized carbons (Fsp3) is 0.389. The third-order valence-corrected chi connectivity index (χ3v) is 3.77. The first kappa shape index (κ1) is 20.4. The molecule has 0 atom stereocenters. The van der Waals surface area contributed by atoms with Gasteiger partial charge in [-0.1, -0.05) is 6.08 Å². The van der Waals surface area contributed by atoms with Gasteiger partial charge < -0.3 is 24.6 Å². The summed E-state index contributed by atoms with van der Waals surface area (Å²) >= 11 is 0. The highest BCUT2D eigenvalue weighted by Gasteiger charge is 2.31. The van der Waals surface area contributed by atoms with E-state index < -0.39 is 0 Å². The number of H-pyrrole nitrogens is 1. The van der Waals surface area contributed by atoms with Gasteiger partial charge >= 0.3 is 0 Å². The number of nitrogens with zero attached hydrogens (tertiary/aromatic N) is 2. The molecule has 0 aromatic carbocycles. The number of amides is 1. The molecule has 25 heavy (non-hydrogen) atoms. The molecule has 2 aromatic rings. The summed E-state index contributed by atoms with van der Waals surface area (Å²) in [5.74, 6) is -0.0325. The molecule has 2 N–H and O–H groups in total. The SMILES string of the molecule is C=CCn1cc(C(=O)N(C)C2CC2)c2cc[nH]c2c1=O.C=O.CNC. The quantitative estimate of drug-likeness (QED) is 0.819.